The van der Waals surface area contributed by atoms with Crippen LogP contribution in [0.5, 0.6) is 11.5 Å². The minimum Gasteiger partial charge on any atom is -0.507 e. The third-order valence-corrected chi connectivity index (χ3v) is 11.7. The molecule has 4 N–H and O–H groups in total. The number of hydrogen-bond acceptors (Lipinski definition) is 14. The van der Waals surface area contributed by atoms with Crippen molar-refractivity contribution in [1.29, 1.82) is 0 Å². The molecule has 0 unspecified atom stereocenters. The highest BCUT2D eigenvalue weighted by Crippen LogP contribution is 2.42. The van der Waals surface area contributed by atoms with E-state index in [1.807, 2.05) is 13.8 Å². The van der Waals surface area contributed by atoms with Crippen LogP contribution in [-0.4, -0.2) is 75.6 Å². The zero-order valence-electron chi connectivity index (χ0n) is 32.9. The van der Waals surface area contributed by atoms with E-state index in [2.05, 4.69) is 26.2 Å². The van der Waals surface area contributed by atoms with E-state index in [1.54, 1.807) is 19.1 Å². The van der Waals surface area contributed by atoms with Gasteiger partial charge in [0.15, 0.2) is 22.4 Å². The van der Waals surface area contributed by atoms with Gasteiger partial charge in [0.2, 0.25) is 10.9 Å². The number of carbonyl (C=O) groups is 2. The van der Waals surface area contributed by atoms with Gasteiger partial charge in [-0.1, -0.05) is 54.9 Å². The fraction of sp³-hybridized carbons (Fsp3) is 0.405. The molecule has 4 aliphatic rings. The molecule has 1 amide bonds. The molecule has 58 heavy (non-hydrogen) atoms. The maximum Gasteiger partial charge on any atom is 0.307 e. The number of aliphatic hydroxyl groups excluding tert-OH is 2. The number of nitrogens with zero attached hydrogens (tertiary/aromatic N) is 1. The normalized spacial score (nSPS) is 31.0. The molecule has 4 aliphatic heterocycles. The van der Waals surface area contributed by atoms with Crippen LogP contribution in [0.3, 0.4) is 0 Å². The Morgan fingerprint density at radius 2 is 1.74 bits per heavy atom. The van der Waals surface area contributed by atoms with Crippen molar-refractivity contribution in [3.63, 3.8) is 0 Å². The van der Waals surface area contributed by atoms with Crippen molar-refractivity contribution in [2.45, 2.75) is 84.8 Å². The average Bonchev–Trinajstić information content (AvgIpc) is 3.61. The number of allylic oxidation sites excluding steroid dienone is 2. The number of ether oxygens (including phenoxy) is 5. The average molecular weight is 864 g/mol. The summed E-state index contributed by atoms with van der Waals surface area (Å²) in [6, 6.07) is 2.77. The molecule has 4 aromatic rings. The highest BCUT2D eigenvalue weighted by Gasteiger charge is 2.50. The second-order valence-electron chi connectivity index (χ2n) is 15.2. The molecule has 16 heteroatoms. The van der Waals surface area contributed by atoms with Crippen LogP contribution in [0.15, 0.2) is 66.8 Å². The number of anilines is 1. The summed E-state index contributed by atoms with van der Waals surface area (Å²) in [5.74, 6) is -5.63. The van der Waals surface area contributed by atoms with Crippen LogP contribution in [0.1, 0.15) is 47.1 Å². The van der Waals surface area contributed by atoms with Crippen LogP contribution >= 0.6 is 15.9 Å². The summed E-state index contributed by atoms with van der Waals surface area (Å²) in [5.41, 5.74) is -2.03. The number of methoxy groups -OCH3 is 1. The molecule has 7 bridgehead atoms. The Bertz CT molecular complexity index is 2670. The first-order valence-electron chi connectivity index (χ1n) is 18.6. The first kappa shape index (κ1) is 40.9. The molecule has 306 valence electrons. The Balaban J connectivity index is 1.49. The number of aliphatic hydroxyl groups is 2. The van der Waals surface area contributed by atoms with E-state index >= 15 is 0 Å². The summed E-state index contributed by atoms with van der Waals surface area (Å²) in [7, 11) is 1.45. The number of fused-ring (bicyclic) bond motifs is 9. The van der Waals surface area contributed by atoms with Crippen LogP contribution < -0.4 is 26.1 Å². The summed E-state index contributed by atoms with van der Waals surface area (Å²) in [5, 5.41) is 37.2. The Hall–Kier alpha value is -5.29. The number of esters is 1. The lowest BCUT2D eigenvalue weighted by atomic mass is 9.86. The van der Waals surface area contributed by atoms with Gasteiger partial charge >= 0.3 is 11.8 Å². The summed E-state index contributed by atoms with van der Waals surface area (Å²) >= 11 is 3.29. The van der Waals surface area contributed by atoms with Gasteiger partial charge in [0, 0.05) is 65.8 Å². The van der Waals surface area contributed by atoms with Crippen LogP contribution in [-0.2, 0) is 28.5 Å². The molecule has 15 nitrogen and oxygen atoms in total. The number of halogens is 1. The van der Waals surface area contributed by atoms with Crippen LogP contribution in [0.2, 0.25) is 0 Å². The van der Waals surface area contributed by atoms with E-state index in [0.717, 1.165) is 0 Å². The predicted octanol–water partition coefficient (Wildman–Crippen LogP) is 5.09. The van der Waals surface area contributed by atoms with E-state index in [1.165, 1.54) is 65.4 Å². The van der Waals surface area contributed by atoms with Crippen molar-refractivity contribution < 1.29 is 53.0 Å². The number of rotatable bonds is 2. The molecule has 8 rings (SSSR count). The van der Waals surface area contributed by atoms with Gasteiger partial charge in [-0.25, -0.2) is 4.98 Å². The Morgan fingerprint density at radius 3 is 2.43 bits per heavy atom. The van der Waals surface area contributed by atoms with Gasteiger partial charge in [0.25, 0.3) is 5.91 Å². The van der Waals surface area contributed by atoms with Gasteiger partial charge in [0.1, 0.15) is 34.9 Å². The topological polar surface area (TPSA) is 213 Å². The van der Waals surface area contributed by atoms with Crippen molar-refractivity contribution in [3.05, 3.63) is 84.0 Å². The lowest BCUT2D eigenvalue weighted by Gasteiger charge is -2.33. The first-order chi connectivity index (χ1) is 27.4. The second kappa shape index (κ2) is 15.1. The molecule has 1 saturated heterocycles. The number of phenols is 1. The molecule has 0 saturated carbocycles. The van der Waals surface area contributed by atoms with Crippen LogP contribution in [0, 0.1) is 24.7 Å². The zero-order chi connectivity index (χ0) is 42.1. The van der Waals surface area contributed by atoms with Crippen molar-refractivity contribution in [2.24, 2.45) is 17.8 Å². The van der Waals surface area contributed by atoms with E-state index in [4.69, 9.17) is 28.1 Å². The molecule has 3 aromatic carbocycles. The summed E-state index contributed by atoms with van der Waals surface area (Å²) < 4.78 is 36.9. The number of aromatic hydroxyl groups is 1. The van der Waals surface area contributed by atoms with E-state index < -0.39 is 82.4 Å². The fourth-order valence-corrected chi connectivity index (χ4v) is 8.45. The van der Waals surface area contributed by atoms with Crippen molar-refractivity contribution in [3.8, 4) is 11.5 Å². The van der Waals surface area contributed by atoms with E-state index in [9.17, 15) is 34.5 Å². The lowest BCUT2D eigenvalue weighted by Crippen LogP contribution is -2.46. The maximum absolute atomic E-state index is 14.5. The highest BCUT2D eigenvalue weighted by molar-refractivity contribution is 9.10. The number of nitrogens with one attached hydrogen (secondary N) is 1. The monoisotopic (exact) mass is 862 g/mol. The zero-order valence-corrected chi connectivity index (χ0v) is 34.5. The highest BCUT2D eigenvalue weighted by atomic mass is 79.9. The van der Waals surface area contributed by atoms with Crippen molar-refractivity contribution >= 4 is 72.2 Å². The maximum atomic E-state index is 14.5. The number of phenolic OH excluding ortho intramolecular Hbond substituents is 1. The van der Waals surface area contributed by atoms with Crippen LogP contribution in [0.25, 0.3) is 38.7 Å². The minimum atomic E-state index is -1.96. The molecule has 0 aliphatic carbocycles. The van der Waals surface area contributed by atoms with E-state index in [-0.39, 0.29) is 66.7 Å². The second-order valence-corrected chi connectivity index (χ2v) is 16.1. The van der Waals surface area contributed by atoms with Gasteiger partial charge in [0.05, 0.1) is 35.2 Å². The quantitative estimate of drug-likeness (QED) is 0.117. The standard InChI is InChI=1S/C42H43BrN2O13/c1-16-10-9-11-17(2)41(52)45-31-34(50)27-26(30-38(31)56-25-15-22(43)14-23(47)29(25)44-30)28-36(19(4)32(27)48)58-42(7,40(28)51)54-13-12-24(53-8)18(3)37(55-21(6)46)39-33(49)20(5)35(16)57-39/h9-16,18,20,24,33,35,37,39,48-49,51H,1-8H3,(H,45,52)/b10-9+,13-12+,17-11-/t16-,18+,20-,24-,33+,35-,37+,39+,42-/m0/s1. The van der Waals surface area contributed by atoms with Crippen molar-refractivity contribution in [1.82, 2.24) is 4.98 Å². The molecular formula is C42H43BrN2O13. The number of hydrogen-bond donors (Lipinski definition) is 4. The Labute approximate surface area is 339 Å². The molecule has 5 heterocycles. The van der Waals surface area contributed by atoms with Gasteiger partial charge in [-0.3, -0.25) is 19.2 Å². The Kier molecular flexibility index (Phi) is 10.7. The van der Waals surface area contributed by atoms with Gasteiger partial charge in [-0.2, -0.15) is 0 Å². The van der Waals surface area contributed by atoms with Gasteiger partial charge in [-0.15, -0.1) is 0 Å². The third kappa shape index (κ3) is 6.70. The fourth-order valence-electron chi connectivity index (χ4n) is 8.03. The number of carbonyl (C=O) groups excluding carboxylic acids is 2. The smallest absolute Gasteiger partial charge is 0.307 e. The molecule has 0 spiro atoms. The predicted molar refractivity (Wildman–Crippen MR) is 216 cm³/mol. The molecule has 0 radical (unpaired) electrons. The van der Waals surface area contributed by atoms with Crippen molar-refractivity contribution in [2.75, 3.05) is 12.4 Å². The minimum absolute atomic E-state index is 0.00741. The molecular weight excluding hydrogens is 820 g/mol. The lowest BCUT2D eigenvalue weighted by molar-refractivity contribution is -0.168. The number of aromatic nitrogens is 1. The number of benzene rings is 3. The SMILES string of the molecule is CO[C@H]1/C=C/O[C@@]2(C)Oc3c(C)c(O)c4c(=O)c(c5oc6cc(Br)cc(=O)c6nc5c4c3=C2O)NC(=O)/C(C)=C\C=C\[C@H](C)[C@@H]2O[C@H]([C@H](O)[C@@H]2C)[C@H](OC(C)=O)[C@@H]1C. The first-order valence-corrected chi connectivity index (χ1v) is 19.4. The largest absolute Gasteiger partial charge is 0.507 e. The molecule has 9 atom stereocenters. The van der Waals surface area contributed by atoms with E-state index in [0.29, 0.717) is 4.47 Å². The summed E-state index contributed by atoms with van der Waals surface area (Å²) in [6.45, 7) is 11.2. The van der Waals surface area contributed by atoms with Crippen LogP contribution in [0.4, 0.5) is 5.69 Å². The number of amides is 1. The van der Waals surface area contributed by atoms with Gasteiger partial charge in [-0.05, 0) is 26.0 Å². The Morgan fingerprint density at radius 1 is 1.02 bits per heavy atom. The molecule has 1 fully saturated rings. The van der Waals surface area contributed by atoms with Gasteiger partial charge < -0.3 is 48.7 Å². The molecule has 1 aromatic heterocycles. The summed E-state index contributed by atoms with van der Waals surface area (Å²) in [6.07, 6.45) is 3.52. The third-order valence-electron chi connectivity index (χ3n) is 11.3. The summed E-state index contributed by atoms with van der Waals surface area (Å²) in [4.78, 5) is 58.6.